The third-order valence-corrected chi connectivity index (χ3v) is 5.42. The summed E-state index contributed by atoms with van der Waals surface area (Å²) in [6, 6.07) is 9.33. The second-order valence-electron chi connectivity index (χ2n) is 5.80. The highest BCUT2D eigenvalue weighted by atomic mass is 32.2. The van der Waals surface area contributed by atoms with Crippen molar-refractivity contribution < 1.29 is 27.8 Å². The van der Waals surface area contributed by atoms with Gasteiger partial charge in [0, 0.05) is 18.1 Å². The lowest BCUT2D eigenvalue weighted by Gasteiger charge is -2.14. The Bertz CT molecular complexity index is 1120. The molecule has 27 heavy (non-hydrogen) atoms. The summed E-state index contributed by atoms with van der Waals surface area (Å²) in [4.78, 5) is 10.8. The van der Waals surface area contributed by atoms with Gasteiger partial charge >= 0.3 is 5.97 Å². The van der Waals surface area contributed by atoms with Gasteiger partial charge in [0.05, 0.1) is 10.6 Å². The van der Waals surface area contributed by atoms with Crippen molar-refractivity contribution in [3.63, 3.8) is 0 Å². The van der Waals surface area contributed by atoms with E-state index in [1.165, 1.54) is 19.1 Å². The number of nitrogens with zero attached hydrogens (tertiary/aromatic N) is 1. The van der Waals surface area contributed by atoms with Crippen LogP contribution in [0.1, 0.15) is 15.9 Å². The minimum absolute atomic E-state index is 0.118. The largest absolute Gasteiger partial charge is 0.507 e. The van der Waals surface area contributed by atoms with Crippen LogP contribution in [0.3, 0.4) is 0 Å². The van der Waals surface area contributed by atoms with E-state index in [0.29, 0.717) is 5.69 Å². The number of hydrogen-bond acceptors (Lipinski definition) is 4. The number of carbonyl (C=O) groups is 1. The van der Waals surface area contributed by atoms with Crippen molar-refractivity contribution in [1.29, 1.82) is 0 Å². The number of carboxylic acid groups (broad SMARTS) is 1. The molecule has 2 aromatic carbocycles. The third-order valence-electron chi connectivity index (χ3n) is 3.91. The number of hydrogen-bond donors (Lipinski definition) is 3. The minimum Gasteiger partial charge on any atom is -0.507 e. The molecule has 0 saturated carbocycles. The Hall–Kier alpha value is -3.33. The van der Waals surface area contributed by atoms with Gasteiger partial charge in [-0.3, -0.25) is 4.72 Å². The van der Waals surface area contributed by atoms with Crippen molar-refractivity contribution in [1.82, 2.24) is 4.57 Å². The number of benzene rings is 2. The average molecular weight is 390 g/mol. The van der Waals surface area contributed by atoms with E-state index in [0.717, 1.165) is 18.2 Å². The van der Waals surface area contributed by atoms with Crippen molar-refractivity contribution in [3.05, 3.63) is 71.8 Å². The van der Waals surface area contributed by atoms with Gasteiger partial charge in [-0.1, -0.05) is 0 Å². The highest BCUT2D eigenvalue weighted by Crippen LogP contribution is 2.28. The Morgan fingerprint density at radius 2 is 1.81 bits per heavy atom. The number of rotatable bonds is 5. The minimum atomic E-state index is -4.30. The lowest BCUT2D eigenvalue weighted by Crippen LogP contribution is -2.16. The van der Waals surface area contributed by atoms with Crippen molar-refractivity contribution >= 4 is 21.7 Å². The molecule has 0 amide bonds. The molecule has 1 aromatic heterocycles. The molecule has 1 heterocycles. The fraction of sp³-hybridized carbons (Fsp3) is 0.0556. The van der Waals surface area contributed by atoms with Crippen molar-refractivity contribution in [2.24, 2.45) is 0 Å². The first-order valence-corrected chi connectivity index (χ1v) is 9.20. The molecule has 0 aliphatic carbocycles. The Kier molecular flexibility index (Phi) is 4.63. The van der Waals surface area contributed by atoms with E-state index in [1.54, 1.807) is 29.1 Å². The molecule has 3 N–H and O–H groups in total. The smallest absolute Gasteiger partial charge is 0.339 e. The number of carboxylic acids is 1. The molecule has 140 valence electrons. The van der Waals surface area contributed by atoms with Gasteiger partial charge in [-0.05, 0) is 55.0 Å². The van der Waals surface area contributed by atoms with Crippen LogP contribution in [0, 0.1) is 12.7 Å². The Morgan fingerprint density at radius 1 is 1.15 bits per heavy atom. The zero-order valence-corrected chi connectivity index (χ0v) is 14.9. The highest BCUT2D eigenvalue weighted by molar-refractivity contribution is 7.92. The fourth-order valence-corrected chi connectivity index (χ4v) is 3.90. The first-order chi connectivity index (χ1) is 12.7. The zero-order valence-electron chi connectivity index (χ0n) is 14.0. The van der Waals surface area contributed by atoms with Crippen LogP contribution in [0.25, 0.3) is 5.69 Å². The molecule has 9 heteroatoms. The van der Waals surface area contributed by atoms with Crippen LogP contribution in [0.2, 0.25) is 0 Å². The lowest BCUT2D eigenvalue weighted by atomic mass is 10.1. The maximum Gasteiger partial charge on any atom is 0.339 e. The summed E-state index contributed by atoms with van der Waals surface area (Å²) < 4.78 is 43.4. The van der Waals surface area contributed by atoms with Crippen LogP contribution in [-0.2, 0) is 10.0 Å². The maximum absolute atomic E-state index is 14.2. The molecule has 0 saturated heterocycles. The van der Waals surface area contributed by atoms with Gasteiger partial charge in [-0.25, -0.2) is 17.6 Å². The van der Waals surface area contributed by atoms with E-state index in [-0.39, 0.29) is 16.1 Å². The molecular weight excluding hydrogens is 375 g/mol. The lowest BCUT2D eigenvalue weighted by molar-refractivity contribution is 0.0693. The topological polar surface area (TPSA) is 109 Å². The summed E-state index contributed by atoms with van der Waals surface area (Å²) in [5, 5.41) is 18.8. The van der Waals surface area contributed by atoms with Crippen LogP contribution in [0.4, 0.5) is 10.1 Å². The fourth-order valence-electron chi connectivity index (χ4n) is 2.59. The van der Waals surface area contributed by atoms with E-state index in [9.17, 15) is 22.7 Å². The van der Waals surface area contributed by atoms with Crippen LogP contribution in [-0.4, -0.2) is 29.2 Å². The molecule has 0 aliphatic rings. The SMILES string of the molecule is Cc1cc(O)c(C(=O)O)cc1S(=O)(=O)Nc1cc(-n2cccc2)ccc1F. The first kappa shape index (κ1) is 18.5. The van der Waals surface area contributed by atoms with Gasteiger partial charge in [-0.15, -0.1) is 0 Å². The normalized spacial score (nSPS) is 11.3. The van der Waals surface area contributed by atoms with E-state index in [4.69, 9.17) is 5.11 Å². The summed E-state index contributed by atoms with van der Waals surface area (Å²) in [7, 11) is -4.30. The van der Waals surface area contributed by atoms with Crippen molar-refractivity contribution in [2.75, 3.05) is 4.72 Å². The average Bonchev–Trinajstić information content (AvgIpc) is 3.10. The number of aromatic carboxylic acids is 1. The molecule has 0 atom stereocenters. The van der Waals surface area contributed by atoms with Gasteiger partial charge in [0.1, 0.15) is 17.1 Å². The standard InChI is InChI=1S/C18H15FN2O5S/c1-11-8-16(22)13(18(23)24)10-17(11)27(25,26)20-15-9-12(4-5-14(15)19)21-6-2-3-7-21/h2-10,20,22H,1H3,(H,23,24). The summed E-state index contributed by atoms with van der Waals surface area (Å²) in [6.45, 7) is 1.40. The Morgan fingerprint density at radius 3 is 2.44 bits per heavy atom. The second-order valence-corrected chi connectivity index (χ2v) is 7.45. The molecule has 7 nitrogen and oxygen atoms in total. The van der Waals surface area contributed by atoms with Gasteiger partial charge in [0.15, 0.2) is 0 Å². The third kappa shape index (κ3) is 3.63. The summed E-state index contributed by atoms with van der Waals surface area (Å²) in [5.74, 6) is -2.83. The maximum atomic E-state index is 14.2. The second kappa shape index (κ2) is 6.76. The Labute approximate surface area is 154 Å². The van der Waals surface area contributed by atoms with Crippen LogP contribution in [0.15, 0.2) is 59.8 Å². The molecule has 0 spiro atoms. The molecular formula is C18H15FN2O5S. The summed E-state index contributed by atoms with van der Waals surface area (Å²) >= 11 is 0. The predicted molar refractivity (Wildman–Crippen MR) is 96.3 cm³/mol. The van der Waals surface area contributed by atoms with E-state index >= 15 is 0 Å². The predicted octanol–water partition coefficient (Wildman–Crippen LogP) is 3.13. The molecule has 0 fully saturated rings. The van der Waals surface area contributed by atoms with Gasteiger partial charge in [0.25, 0.3) is 10.0 Å². The molecule has 0 aliphatic heterocycles. The van der Waals surface area contributed by atoms with Crippen LogP contribution in [0.5, 0.6) is 5.75 Å². The Balaban J connectivity index is 2.04. The highest BCUT2D eigenvalue weighted by Gasteiger charge is 2.23. The number of halogens is 1. The van der Waals surface area contributed by atoms with Crippen molar-refractivity contribution in [3.8, 4) is 11.4 Å². The van der Waals surface area contributed by atoms with Crippen LogP contribution >= 0.6 is 0 Å². The number of sulfonamides is 1. The number of phenols is 1. The number of aromatic nitrogens is 1. The molecule has 3 rings (SSSR count). The molecule has 0 unspecified atom stereocenters. The molecule has 0 radical (unpaired) electrons. The number of aryl methyl sites for hydroxylation is 1. The van der Waals surface area contributed by atoms with E-state index in [2.05, 4.69) is 4.72 Å². The number of nitrogens with one attached hydrogen (secondary N) is 1. The monoisotopic (exact) mass is 390 g/mol. The van der Waals surface area contributed by atoms with Crippen LogP contribution < -0.4 is 4.72 Å². The van der Waals surface area contributed by atoms with Crippen molar-refractivity contribution in [2.45, 2.75) is 11.8 Å². The number of anilines is 1. The summed E-state index contributed by atoms with van der Waals surface area (Å²) in [5.41, 5.74) is -0.201. The first-order valence-electron chi connectivity index (χ1n) is 7.71. The van der Waals surface area contributed by atoms with E-state index in [1.807, 2.05) is 0 Å². The molecule has 3 aromatic rings. The summed E-state index contributed by atoms with van der Waals surface area (Å²) in [6.07, 6.45) is 3.43. The number of aromatic hydroxyl groups is 1. The quantitative estimate of drug-likeness (QED) is 0.620. The van der Waals surface area contributed by atoms with E-state index < -0.39 is 33.1 Å². The van der Waals surface area contributed by atoms with Gasteiger partial charge in [0.2, 0.25) is 0 Å². The van der Waals surface area contributed by atoms with Gasteiger partial charge in [-0.2, -0.15) is 0 Å². The molecule has 0 bridgehead atoms. The zero-order chi connectivity index (χ0) is 19.8. The van der Waals surface area contributed by atoms with Gasteiger partial charge < -0.3 is 14.8 Å².